The van der Waals surface area contributed by atoms with Crippen LogP contribution < -0.4 is 75.4 Å². The van der Waals surface area contributed by atoms with Crippen molar-refractivity contribution in [1.29, 1.82) is 0 Å². The van der Waals surface area contributed by atoms with Gasteiger partial charge in [0.05, 0.1) is 12.7 Å². The van der Waals surface area contributed by atoms with Crippen molar-refractivity contribution in [1.82, 2.24) is 4.90 Å². The van der Waals surface area contributed by atoms with Crippen molar-refractivity contribution in [2.24, 2.45) is 5.92 Å². The fraction of sp³-hybridized carbons (Fsp3) is 0.529. The van der Waals surface area contributed by atoms with E-state index in [0.29, 0.717) is 18.0 Å². The van der Waals surface area contributed by atoms with Gasteiger partial charge in [0.25, 0.3) is 0 Å². The molecule has 2 aliphatic heterocycles. The van der Waals surface area contributed by atoms with Crippen molar-refractivity contribution in [2.45, 2.75) is 37.5 Å². The first-order chi connectivity index (χ1) is 10.6. The SMILES string of the molecule is COC(=O)[C@H]1[C@@H](OC(=O)c2ccccc2)C[C@@H]2CC[C@H]1N2C.[I-].[K+]. The number of carbonyl (C=O) groups excluding carboxylic acids is 2. The minimum absolute atomic E-state index is 0. The second kappa shape index (κ2) is 9.99. The van der Waals surface area contributed by atoms with Gasteiger partial charge in [-0.05, 0) is 32.0 Å². The van der Waals surface area contributed by atoms with Crippen molar-refractivity contribution < 1.29 is 94.4 Å². The predicted octanol–water partition coefficient (Wildman–Crippen LogP) is -4.12. The Morgan fingerprint density at radius 3 is 2.46 bits per heavy atom. The van der Waals surface area contributed by atoms with E-state index in [4.69, 9.17) is 9.47 Å². The van der Waals surface area contributed by atoms with E-state index in [1.54, 1.807) is 24.3 Å². The number of methoxy groups -OCH3 is 1. The van der Waals surface area contributed by atoms with E-state index in [0.717, 1.165) is 12.8 Å². The summed E-state index contributed by atoms with van der Waals surface area (Å²) in [6.07, 6.45) is 2.26. The molecule has 5 nitrogen and oxygen atoms in total. The minimum atomic E-state index is -0.408. The van der Waals surface area contributed by atoms with Crippen LogP contribution in [0.4, 0.5) is 0 Å². The Balaban J connectivity index is 0.00000144. The van der Waals surface area contributed by atoms with Gasteiger partial charge in [0.15, 0.2) is 0 Å². The number of nitrogens with zero attached hydrogens (tertiary/aromatic N) is 1. The van der Waals surface area contributed by atoms with Crippen LogP contribution in [-0.4, -0.2) is 49.2 Å². The third-order valence-electron chi connectivity index (χ3n) is 4.96. The Morgan fingerprint density at radius 1 is 1.17 bits per heavy atom. The molecule has 0 amide bonds. The maximum absolute atomic E-state index is 12.3. The van der Waals surface area contributed by atoms with E-state index in [1.165, 1.54) is 7.11 Å². The van der Waals surface area contributed by atoms with Gasteiger partial charge in [0.1, 0.15) is 12.0 Å². The summed E-state index contributed by atoms with van der Waals surface area (Å²) in [4.78, 5) is 26.7. The quantitative estimate of drug-likeness (QED) is 0.256. The Kier molecular flexibility index (Phi) is 9.37. The molecule has 0 aliphatic carbocycles. The predicted molar refractivity (Wildman–Crippen MR) is 80.3 cm³/mol. The third-order valence-corrected chi connectivity index (χ3v) is 4.96. The first kappa shape index (κ1) is 22.5. The van der Waals surface area contributed by atoms with E-state index < -0.39 is 12.0 Å². The first-order valence-corrected chi connectivity index (χ1v) is 7.67. The molecule has 3 rings (SSSR count). The summed E-state index contributed by atoms with van der Waals surface area (Å²) < 4.78 is 10.6. The van der Waals surface area contributed by atoms with E-state index >= 15 is 0 Å². The van der Waals surface area contributed by atoms with Gasteiger partial charge in [-0.25, -0.2) is 4.79 Å². The average Bonchev–Trinajstić information content (AvgIpc) is 2.78. The molecule has 0 radical (unpaired) electrons. The van der Waals surface area contributed by atoms with E-state index in [-0.39, 0.29) is 93.3 Å². The Labute approximate surface area is 202 Å². The maximum atomic E-state index is 12.3. The molecule has 0 spiro atoms. The van der Waals surface area contributed by atoms with Crippen molar-refractivity contribution >= 4 is 11.9 Å². The zero-order valence-corrected chi connectivity index (χ0v) is 19.6. The summed E-state index contributed by atoms with van der Waals surface area (Å²) in [6.45, 7) is 0. The van der Waals surface area contributed by atoms with Crippen molar-refractivity contribution in [3.8, 4) is 0 Å². The second-order valence-corrected chi connectivity index (χ2v) is 6.06. The number of carbonyl (C=O) groups is 2. The summed E-state index contributed by atoms with van der Waals surface area (Å²) in [5, 5.41) is 0. The van der Waals surface area contributed by atoms with Gasteiger partial charge >= 0.3 is 63.3 Å². The average molecular weight is 469 g/mol. The molecular weight excluding hydrogens is 448 g/mol. The zero-order valence-electron chi connectivity index (χ0n) is 14.3. The minimum Gasteiger partial charge on any atom is -1.00 e. The van der Waals surface area contributed by atoms with Gasteiger partial charge < -0.3 is 33.5 Å². The molecule has 0 saturated carbocycles. The Morgan fingerprint density at radius 2 is 1.83 bits per heavy atom. The largest absolute Gasteiger partial charge is 1.00 e. The van der Waals surface area contributed by atoms with Crippen LogP contribution in [0.5, 0.6) is 0 Å². The number of rotatable bonds is 3. The molecule has 0 aromatic heterocycles. The molecule has 4 atom stereocenters. The summed E-state index contributed by atoms with van der Waals surface area (Å²) in [7, 11) is 3.42. The first-order valence-electron chi connectivity index (χ1n) is 7.67. The smallest absolute Gasteiger partial charge is 1.00 e. The van der Waals surface area contributed by atoms with Crippen LogP contribution in [-0.2, 0) is 14.3 Å². The fourth-order valence-corrected chi connectivity index (χ4v) is 3.77. The van der Waals surface area contributed by atoms with Gasteiger partial charge in [0, 0.05) is 18.5 Å². The molecule has 2 aliphatic rings. The van der Waals surface area contributed by atoms with E-state index in [2.05, 4.69) is 4.90 Å². The maximum Gasteiger partial charge on any atom is 1.00 e. The van der Waals surface area contributed by atoms with Crippen molar-refractivity contribution in [3.63, 3.8) is 0 Å². The van der Waals surface area contributed by atoms with Crippen LogP contribution in [0.3, 0.4) is 0 Å². The number of hydrogen-bond donors (Lipinski definition) is 0. The molecule has 7 heteroatoms. The molecule has 0 N–H and O–H groups in total. The van der Waals surface area contributed by atoms with Crippen LogP contribution in [0.15, 0.2) is 30.3 Å². The van der Waals surface area contributed by atoms with Gasteiger partial charge in [-0.2, -0.15) is 0 Å². The van der Waals surface area contributed by atoms with Crippen LogP contribution in [0.2, 0.25) is 0 Å². The Bertz CT molecular complexity index is 571. The van der Waals surface area contributed by atoms with E-state index in [9.17, 15) is 9.59 Å². The number of hydrogen-bond acceptors (Lipinski definition) is 5. The van der Waals surface area contributed by atoms with Crippen molar-refractivity contribution in [2.75, 3.05) is 14.2 Å². The van der Waals surface area contributed by atoms with Gasteiger partial charge in [0.2, 0.25) is 0 Å². The van der Waals surface area contributed by atoms with Gasteiger partial charge in [-0.15, -0.1) is 0 Å². The number of benzene rings is 1. The topological polar surface area (TPSA) is 55.8 Å². The van der Waals surface area contributed by atoms with Crippen LogP contribution in [0.25, 0.3) is 0 Å². The molecule has 1 aromatic rings. The van der Waals surface area contributed by atoms with Crippen LogP contribution in [0.1, 0.15) is 29.6 Å². The second-order valence-electron chi connectivity index (χ2n) is 6.06. The molecule has 126 valence electrons. The standard InChI is InChI=1S/C17H21NO4.HI.K/c1-18-12-8-9-13(18)15(17(20)21-2)14(10-12)22-16(19)11-6-4-3-5-7-11;;/h3-7,12-15H,8-10H2,1-2H3;1H;/q;;+1/p-1/t12-,13+,14-,15+;;/m0../s1. The summed E-state index contributed by atoms with van der Waals surface area (Å²) >= 11 is 0. The molecule has 2 saturated heterocycles. The number of ether oxygens (including phenoxy) is 2. The van der Waals surface area contributed by atoms with Gasteiger partial charge in [-0.3, -0.25) is 9.69 Å². The molecule has 0 unspecified atom stereocenters. The van der Waals surface area contributed by atoms with Crippen molar-refractivity contribution in [3.05, 3.63) is 35.9 Å². The van der Waals surface area contributed by atoms with E-state index in [1.807, 2.05) is 13.1 Å². The molecule has 24 heavy (non-hydrogen) atoms. The van der Waals surface area contributed by atoms with Gasteiger partial charge in [-0.1, -0.05) is 18.2 Å². The molecule has 2 heterocycles. The van der Waals surface area contributed by atoms with Crippen LogP contribution in [0, 0.1) is 5.92 Å². The molecule has 2 fully saturated rings. The monoisotopic (exact) mass is 469 g/mol. The Hall–Kier alpha value is 0.486. The molecular formula is C17H21IKNO4. The van der Waals surface area contributed by atoms with Crippen LogP contribution >= 0.6 is 0 Å². The summed E-state index contributed by atoms with van der Waals surface area (Å²) in [6, 6.07) is 9.36. The fourth-order valence-electron chi connectivity index (χ4n) is 3.77. The number of esters is 2. The number of piperidine rings is 1. The number of halogens is 1. The third kappa shape index (κ3) is 4.60. The molecule has 2 bridgehead atoms. The number of fused-ring (bicyclic) bond motifs is 2. The zero-order chi connectivity index (χ0) is 15.7. The summed E-state index contributed by atoms with van der Waals surface area (Å²) in [5.74, 6) is -1.06. The normalized spacial score (nSPS) is 28.2. The molecule has 1 aromatic carbocycles. The summed E-state index contributed by atoms with van der Waals surface area (Å²) in [5.41, 5.74) is 0.511.